The minimum absolute atomic E-state index is 0.0669. The summed E-state index contributed by atoms with van der Waals surface area (Å²) in [7, 11) is 0. The van der Waals surface area contributed by atoms with Crippen molar-refractivity contribution in [1.29, 1.82) is 0 Å². The number of carbonyl (C=O) groups is 4. The van der Waals surface area contributed by atoms with Crippen LogP contribution in [0, 0.1) is 0 Å². The van der Waals surface area contributed by atoms with Crippen molar-refractivity contribution in [2.24, 2.45) is 5.73 Å². The number of aromatic amines is 1. The molecule has 1 aromatic heterocycles. The number of nitrogens with zero attached hydrogens (tertiary/aromatic N) is 1. The molecule has 1 aliphatic heterocycles. The number of para-hydroxylation sites is 1. The summed E-state index contributed by atoms with van der Waals surface area (Å²) in [6.45, 7) is 1.89. The van der Waals surface area contributed by atoms with Crippen LogP contribution in [0.4, 0.5) is 0 Å². The smallest absolute Gasteiger partial charge is 0.327 e. The van der Waals surface area contributed by atoms with Gasteiger partial charge in [0.05, 0.1) is 6.04 Å². The Bertz CT molecular complexity index is 1040. The van der Waals surface area contributed by atoms with Crippen LogP contribution >= 0.6 is 12.6 Å². The molecule has 4 atom stereocenters. The lowest BCUT2D eigenvalue weighted by Crippen LogP contribution is -2.56. The minimum atomic E-state index is -1.20. The number of thiol groups is 1. The molecule has 3 amide bonds. The van der Waals surface area contributed by atoms with Crippen molar-refractivity contribution in [2.45, 2.75) is 50.4 Å². The summed E-state index contributed by atoms with van der Waals surface area (Å²) < 4.78 is 0. The third kappa shape index (κ3) is 5.66. The number of rotatable bonds is 9. The second-order valence-corrected chi connectivity index (χ2v) is 8.54. The number of hydrogen-bond donors (Lipinski definition) is 6. The van der Waals surface area contributed by atoms with Crippen LogP contribution in [0.5, 0.6) is 0 Å². The summed E-state index contributed by atoms with van der Waals surface area (Å²) in [4.78, 5) is 53.8. The van der Waals surface area contributed by atoms with E-state index in [1.807, 2.05) is 30.5 Å². The second kappa shape index (κ2) is 10.7. The minimum Gasteiger partial charge on any atom is -0.480 e. The zero-order valence-corrected chi connectivity index (χ0v) is 19.2. The van der Waals surface area contributed by atoms with Gasteiger partial charge in [-0.25, -0.2) is 4.79 Å². The number of benzene rings is 1. The molecule has 6 N–H and O–H groups in total. The van der Waals surface area contributed by atoms with Crippen LogP contribution in [0.1, 0.15) is 25.3 Å². The first-order valence-corrected chi connectivity index (χ1v) is 11.4. The molecule has 1 saturated heterocycles. The van der Waals surface area contributed by atoms with E-state index in [0.717, 1.165) is 16.5 Å². The first kappa shape index (κ1) is 24.6. The lowest BCUT2D eigenvalue weighted by molar-refractivity contribution is -0.144. The monoisotopic (exact) mass is 475 g/mol. The number of likely N-dealkylation sites (tertiary alicyclic amines) is 1. The van der Waals surface area contributed by atoms with Gasteiger partial charge in [0.15, 0.2) is 0 Å². The van der Waals surface area contributed by atoms with Crippen molar-refractivity contribution in [2.75, 3.05) is 12.3 Å². The topological polar surface area (TPSA) is 158 Å². The molecule has 10 nitrogen and oxygen atoms in total. The Morgan fingerprint density at radius 2 is 2.00 bits per heavy atom. The fraction of sp³-hybridized carbons (Fsp3) is 0.455. The number of nitrogens with two attached hydrogens (primary N) is 1. The van der Waals surface area contributed by atoms with Gasteiger partial charge in [0.1, 0.15) is 18.1 Å². The summed E-state index contributed by atoms with van der Waals surface area (Å²) in [5.41, 5.74) is 7.95. The Balaban J connectivity index is 1.58. The number of amides is 3. The summed E-state index contributed by atoms with van der Waals surface area (Å²) >= 11 is 3.94. The summed E-state index contributed by atoms with van der Waals surface area (Å²) in [5, 5.41) is 15.2. The molecule has 0 radical (unpaired) electrons. The molecular weight excluding hydrogens is 446 g/mol. The second-order valence-electron chi connectivity index (χ2n) is 8.17. The largest absolute Gasteiger partial charge is 0.480 e. The number of carboxylic acid groups (broad SMARTS) is 1. The van der Waals surface area contributed by atoms with Gasteiger partial charge in [0.25, 0.3) is 0 Å². The average Bonchev–Trinajstić information content (AvgIpc) is 3.44. The first-order valence-electron chi connectivity index (χ1n) is 10.8. The maximum Gasteiger partial charge on any atom is 0.327 e. The number of carboxylic acids is 1. The maximum absolute atomic E-state index is 13.0. The molecule has 4 unspecified atom stereocenters. The van der Waals surface area contributed by atoms with E-state index >= 15 is 0 Å². The van der Waals surface area contributed by atoms with Crippen LogP contribution in [0.15, 0.2) is 30.5 Å². The zero-order chi connectivity index (χ0) is 24.1. The molecule has 33 heavy (non-hydrogen) atoms. The summed E-state index contributed by atoms with van der Waals surface area (Å²) in [5.74, 6) is -2.70. The Hall–Kier alpha value is -3.05. The van der Waals surface area contributed by atoms with Gasteiger partial charge in [-0.15, -0.1) is 0 Å². The molecule has 1 fully saturated rings. The Kier molecular flexibility index (Phi) is 7.98. The Morgan fingerprint density at radius 3 is 2.70 bits per heavy atom. The van der Waals surface area contributed by atoms with Crippen molar-refractivity contribution in [3.8, 4) is 0 Å². The van der Waals surface area contributed by atoms with E-state index in [9.17, 15) is 19.2 Å². The highest BCUT2D eigenvalue weighted by atomic mass is 32.1. The molecule has 11 heteroatoms. The molecule has 1 aliphatic rings. The van der Waals surface area contributed by atoms with Gasteiger partial charge in [-0.3, -0.25) is 14.4 Å². The van der Waals surface area contributed by atoms with Crippen LogP contribution in [0.25, 0.3) is 10.9 Å². The number of aliphatic carboxylic acids is 1. The Labute approximate surface area is 196 Å². The fourth-order valence-corrected chi connectivity index (χ4v) is 4.26. The number of fused-ring (bicyclic) bond motifs is 1. The van der Waals surface area contributed by atoms with Crippen molar-refractivity contribution in [3.05, 3.63) is 36.0 Å². The lowest BCUT2D eigenvalue weighted by atomic mass is 10.0. The van der Waals surface area contributed by atoms with Crippen molar-refractivity contribution >= 4 is 47.2 Å². The number of nitrogens with one attached hydrogen (secondary N) is 3. The number of carbonyl (C=O) groups excluding carboxylic acids is 3. The van der Waals surface area contributed by atoms with E-state index in [-0.39, 0.29) is 5.75 Å². The van der Waals surface area contributed by atoms with Gasteiger partial charge in [0, 0.05) is 29.4 Å². The van der Waals surface area contributed by atoms with Gasteiger partial charge in [-0.05, 0) is 37.8 Å². The lowest BCUT2D eigenvalue weighted by Gasteiger charge is -2.28. The molecule has 178 valence electrons. The highest BCUT2D eigenvalue weighted by Crippen LogP contribution is 2.20. The van der Waals surface area contributed by atoms with E-state index < -0.39 is 47.9 Å². The van der Waals surface area contributed by atoms with Crippen LogP contribution in [-0.2, 0) is 25.6 Å². The number of H-pyrrole nitrogens is 1. The molecule has 0 aliphatic carbocycles. The van der Waals surface area contributed by atoms with Crippen LogP contribution in [-0.4, -0.2) is 75.1 Å². The number of hydrogen-bond acceptors (Lipinski definition) is 6. The van der Waals surface area contributed by atoms with E-state index in [1.54, 1.807) is 6.92 Å². The fourth-order valence-electron chi connectivity index (χ4n) is 4.02. The van der Waals surface area contributed by atoms with E-state index in [1.165, 1.54) is 4.90 Å². The summed E-state index contributed by atoms with van der Waals surface area (Å²) in [6, 6.07) is 4.01. The van der Waals surface area contributed by atoms with Gasteiger partial charge in [-0.1, -0.05) is 18.2 Å². The molecule has 0 spiro atoms. The third-order valence-electron chi connectivity index (χ3n) is 5.82. The Morgan fingerprint density at radius 1 is 1.27 bits per heavy atom. The average molecular weight is 476 g/mol. The van der Waals surface area contributed by atoms with E-state index in [4.69, 9.17) is 10.8 Å². The standard InChI is InChI=1S/C22H29N5O5S/c1-12(21(30)27-8-4-7-18(27)20(29)26-17(11-33)22(31)32)25-19(28)15(23)9-13-10-24-16-6-3-2-5-14(13)16/h2-3,5-6,10,12,15,17-18,24,33H,4,7-9,11,23H2,1H3,(H,25,28)(H,26,29)(H,31,32). The van der Waals surface area contributed by atoms with E-state index in [2.05, 4.69) is 28.2 Å². The van der Waals surface area contributed by atoms with E-state index in [0.29, 0.717) is 25.8 Å². The first-order chi connectivity index (χ1) is 15.7. The molecule has 2 aromatic rings. The zero-order valence-electron chi connectivity index (χ0n) is 18.3. The molecule has 0 bridgehead atoms. The SMILES string of the molecule is CC(NC(=O)C(N)Cc1c[nH]c2ccccc12)C(=O)N1CCCC1C(=O)NC(CS)C(=O)O. The normalized spacial score (nSPS) is 18.5. The molecular formula is C22H29N5O5S. The van der Waals surface area contributed by atoms with Gasteiger partial charge >= 0.3 is 5.97 Å². The van der Waals surface area contributed by atoms with Crippen molar-refractivity contribution in [1.82, 2.24) is 20.5 Å². The molecule has 2 heterocycles. The molecule has 1 aromatic carbocycles. The number of aromatic nitrogens is 1. The molecule has 3 rings (SSSR count). The highest BCUT2D eigenvalue weighted by molar-refractivity contribution is 7.80. The van der Waals surface area contributed by atoms with Crippen LogP contribution in [0.2, 0.25) is 0 Å². The van der Waals surface area contributed by atoms with Crippen LogP contribution in [0.3, 0.4) is 0 Å². The maximum atomic E-state index is 13.0. The quantitative estimate of drug-likeness (QED) is 0.281. The molecule has 0 saturated carbocycles. The van der Waals surface area contributed by atoms with Crippen LogP contribution < -0.4 is 16.4 Å². The van der Waals surface area contributed by atoms with Gasteiger partial charge < -0.3 is 31.4 Å². The predicted octanol–water partition coefficient (Wildman–Crippen LogP) is 0.0326. The van der Waals surface area contributed by atoms with Crippen molar-refractivity contribution < 1.29 is 24.3 Å². The predicted molar refractivity (Wildman–Crippen MR) is 126 cm³/mol. The van der Waals surface area contributed by atoms with Gasteiger partial charge in [0.2, 0.25) is 17.7 Å². The highest BCUT2D eigenvalue weighted by Gasteiger charge is 2.37. The van der Waals surface area contributed by atoms with Crippen molar-refractivity contribution in [3.63, 3.8) is 0 Å². The third-order valence-corrected chi connectivity index (χ3v) is 6.18. The van der Waals surface area contributed by atoms with Gasteiger partial charge in [-0.2, -0.15) is 12.6 Å². The summed E-state index contributed by atoms with van der Waals surface area (Å²) in [6.07, 6.45) is 3.13.